The number of ether oxygens (including phenoxy) is 1. The number of rotatable bonds is 4. The number of benzene rings is 1. The Labute approximate surface area is 124 Å². The molecule has 0 bridgehead atoms. The van der Waals surface area contributed by atoms with Crippen molar-refractivity contribution in [3.05, 3.63) is 45.7 Å². The summed E-state index contributed by atoms with van der Waals surface area (Å²) in [4.78, 5) is 12.2. The topological polar surface area (TPSA) is 70.1 Å². The van der Waals surface area contributed by atoms with Gasteiger partial charge in [0, 0.05) is 23.7 Å². The van der Waals surface area contributed by atoms with Crippen LogP contribution in [0.15, 0.2) is 29.1 Å². The minimum atomic E-state index is -0.340. The predicted molar refractivity (Wildman–Crippen MR) is 83.5 cm³/mol. The normalized spacial score (nSPS) is 12.2. The van der Waals surface area contributed by atoms with Gasteiger partial charge in [-0.15, -0.1) is 0 Å². The lowest BCUT2D eigenvalue weighted by molar-refractivity contribution is 0.416. The SMILES string of the molecule is CCn1nc(-c2cc(C)ccc2OC)cc(C(C)N)c1=O. The summed E-state index contributed by atoms with van der Waals surface area (Å²) in [7, 11) is 1.62. The van der Waals surface area contributed by atoms with Crippen molar-refractivity contribution >= 4 is 0 Å². The molecule has 1 atom stereocenters. The van der Waals surface area contributed by atoms with Gasteiger partial charge in [-0.05, 0) is 39.0 Å². The molecule has 0 aliphatic carbocycles. The van der Waals surface area contributed by atoms with E-state index >= 15 is 0 Å². The number of aryl methyl sites for hydroxylation is 2. The molecule has 0 aliphatic rings. The van der Waals surface area contributed by atoms with Crippen molar-refractivity contribution in [2.75, 3.05) is 7.11 Å². The monoisotopic (exact) mass is 287 g/mol. The van der Waals surface area contributed by atoms with E-state index < -0.39 is 0 Å². The van der Waals surface area contributed by atoms with Crippen LogP contribution >= 0.6 is 0 Å². The number of methoxy groups -OCH3 is 1. The van der Waals surface area contributed by atoms with Crippen molar-refractivity contribution < 1.29 is 4.74 Å². The van der Waals surface area contributed by atoms with E-state index in [9.17, 15) is 4.79 Å². The lowest BCUT2D eigenvalue weighted by Gasteiger charge is -2.14. The first kappa shape index (κ1) is 15.3. The van der Waals surface area contributed by atoms with E-state index in [1.165, 1.54) is 4.68 Å². The summed E-state index contributed by atoms with van der Waals surface area (Å²) in [5.74, 6) is 0.727. The number of nitrogens with two attached hydrogens (primary N) is 1. The molecule has 0 spiro atoms. The highest BCUT2D eigenvalue weighted by Crippen LogP contribution is 2.29. The van der Waals surface area contributed by atoms with Crippen LogP contribution in [0, 0.1) is 6.92 Å². The molecule has 5 nitrogen and oxygen atoms in total. The number of hydrogen-bond donors (Lipinski definition) is 1. The van der Waals surface area contributed by atoms with Crippen molar-refractivity contribution in [3.8, 4) is 17.0 Å². The van der Waals surface area contributed by atoms with Gasteiger partial charge in [0.1, 0.15) is 5.75 Å². The number of nitrogens with zero attached hydrogens (tertiary/aromatic N) is 2. The highest BCUT2D eigenvalue weighted by Gasteiger charge is 2.15. The van der Waals surface area contributed by atoms with Crippen molar-refractivity contribution in [2.45, 2.75) is 33.4 Å². The second-order valence-corrected chi connectivity index (χ2v) is 5.10. The maximum Gasteiger partial charge on any atom is 0.271 e. The molecule has 0 saturated heterocycles. The summed E-state index contributed by atoms with van der Waals surface area (Å²) < 4.78 is 6.84. The minimum Gasteiger partial charge on any atom is -0.496 e. The Bertz CT molecular complexity index is 705. The average Bonchev–Trinajstić information content (AvgIpc) is 2.47. The predicted octanol–water partition coefficient (Wildman–Crippen LogP) is 2.27. The summed E-state index contributed by atoms with van der Waals surface area (Å²) in [6, 6.07) is 7.30. The van der Waals surface area contributed by atoms with Gasteiger partial charge in [0.25, 0.3) is 5.56 Å². The van der Waals surface area contributed by atoms with Crippen LogP contribution in [0.5, 0.6) is 5.75 Å². The van der Waals surface area contributed by atoms with E-state index in [-0.39, 0.29) is 11.6 Å². The fraction of sp³-hybridized carbons (Fsp3) is 0.375. The highest BCUT2D eigenvalue weighted by molar-refractivity contribution is 5.68. The standard InChI is InChI=1S/C16H21N3O2/c1-5-19-16(20)12(11(3)17)9-14(18-19)13-8-10(2)6-7-15(13)21-4/h6-9,11H,5,17H2,1-4H3. The Balaban J connectivity index is 2.72. The fourth-order valence-electron chi connectivity index (χ4n) is 2.26. The molecule has 1 heterocycles. The molecule has 2 rings (SSSR count). The van der Waals surface area contributed by atoms with Gasteiger partial charge >= 0.3 is 0 Å². The number of hydrogen-bond acceptors (Lipinski definition) is 4. The minimum absolute atomic E-state index is 0.136. The molecule has 2 N–H and O–H groups in total. The summed E-state index contributed by atoms with van der Waals surface area (Å²) >= 11 is 0. The Morgan fingerprint density at radius 1 is 1.38 bits per heavy atom. The van der Waals surface area contributed by atoms with Crippen molar-refractivity contribution in [1.82, 2.24) is 9.78 Å². The van der Waals surface area contributed by atoms with Crippen LogP contribution in [-0.2, 0) is 6.54 Å². The van der Waals surface area contributed by atoms with Crippen LogP contribution in [0.1, 0.15) is 31.0 Å². The molecule has 21 heavy (non-hydrogen) atoms. The lowest BCUT2D eigenvalue weighted by Crippen LogP contribution is -2.29. The molecule has 2 aromatic rings. The van der Waals surface area contributed by atoms with Crippen LogP contribution in [-0.4, -0.2) is 16.9 Å². The first-order chi connectivity index (χ1) is 9.97. The Morgan fingerprint density at radius 3 is 2.67 bits per heavy atom. The van der Waals surface area contributed by atoms with Gasteiger partial charge in [0.15, 0.2) is 0 Å². The van der Waals surface area contributed by atoms with Crippen LogP contribution in [0.3, 0.4) is 0 Å². The first-order valence-corrected chi connectivity index (χ1v) is 7.00. The molecule has 0 aliphatic heterocycles. The van der Waals surface area contributed by atoms with E-state index in [1.807, 2.05) is 32.0 Å². The van der Waals surface area contributed by atoms with Gasteiger partial charge < -0.3 is 10.5 Å². The van der Waals surface area contributed by atoms with Crippen LogP contribution in [0.25, 0.3) is 11.3 Å². The number of aromatic nitrogens is 2. The average molecular weight is 287 g/mol. The molecular weight excluding hydrogens is 266 g/mol. The molecule has 1 aromatic heterocycles. The Kier molecular flexibility index (Phi) is 4.43. The molecule has 0 amide bonds. The van der Waals surface area contributed by atoms with Crippen LogP contribution < -0.4 is 16.0 Å². The smallest absolute Gasteiger partial charge is 0.271 e. The van der Waals surface area contributed by atoms with Gasteiger partial charge in [0.05, 0.1) is 12.8 Å². The summed E-state index contributed by atoms with van der Waals surface area (Å²) in [5, 5.41) is 4.42. The molecule has 1 aromatic carbocycles. The molecule has 0 fully saturated rings. The first-order valence-electron chi connectivity index (χ1n) is 7.00. The van der Waals surface area contributed by atoms with Gasteiger partial charge in [-0.2, -0.15) is 5.10 Å². The van der Waals surface area contributed by atoms with E-state index in [2.05, 4.69) is 5.10 Å². The second kappa shape index (κ2) is 6.10. The maximum atomic E-state index is 12.2. The molecule has 112 valence electrons. The van der Waals surface area contributed by atoms with Gasteiger partial charge in [-0.3, -0.25) is 4.79 Å². The van der Waals surface area contributed by atoms with E-state index in [0.29, 0.717) is 17.8 Å². The van der Waals surface area contributed by atoms with Crippen molar-refractivity contribution in [1.29, 1.82) is 0 Å². The molecular formula is C16H21N3O2. The zero-order chi connectivity index (χ0) is 15.6. The van der Waals surface area contributed by atoms with E-state index in [4.69, 9.17) is 10.5 Å². The zero-order valence-corrected chi connectivity index (χ0v) is 12.9. The van der Waals surface area contributed by atoms with Crippen LogP contribution in [0.2, 0.25) is 0 Å². The van der Waals surface area contributed by atoms with E-state index in [0.717, 1.165) is 16.9 Å². The second-order valence-electron chi connectivity index (χ2n) is 5.10. The fourth-order valence-corrected chi connectivity index (χ4v) is 2.26. The van der Waals surface area contributed by atoms with Crippen molar-refractivity contribution in [2.24, 2.45) is 5.73 Å². The molecule has 0 radical (unpaired) electrons. The highest BCUT2D eigenvalue weighted by atomic mass is 16.5. The van der Waals surface area contributed by atoms with Crippen LogP contribution in [0.4, 0.5) is 0 Å². The quantitative estimate of drug-likeness (QED) is 0.936. The lowest BCUT2D eigenvalue weighted by atomic mass is 10.0. The van der Waals surface area contributed by atoms with Gasteiger partial charge in [-0.25, -0.2) is 4.68 Å². The third kappa shape index (κ3) is 2.97. The van der Waals surface area contributed by atoms with Gasteiger partial charge in [0.2, 0.25) is 0 Å². The third-order valence-corrected chi connectivity index (χ3v) is 3.42. The zero-order valence-electron chi connectivity index (χ0n) is 12.9. The summed E-state index contributed by atoms with van der Waals surface area (Å²) in [6.07, 6.45) is 0. The Morgan fingerprint density at radius 2 is 2.10 bits per heavy atom. The molecule has 1 unspecified atom stereocenters. The summed E-state index contributed by atoms with van der Waals surface area (Å²) in [6.45, 7) is 6.19. The molecule has 0 saturated carbocycles. The molecule has 5 heteroatoms. The van der Waals surface area contributed by atoms with E-state index in [1.54, 1.807) is 20.1 Å². The Hall–Kier alpha value is -2.14. The summed E-state index contributed by atoms with van der Waals surface area (Å²) in [5.41, 5.74) is 9.00. The third-order valence-electron chi connectivity index (χ3n) is 3.42. The largest absolute Gasteiger partial charge is 0.496 e. The van der Waals surface area contributed by atoms with Crippen molar-refractivity contribution in [3.63, 3.8) is 0 Å². The van der Waals surface area contributed by atoms with Gasteiger partial charge in [-0.1, -0.05) is 11.6 Å². The maximum absolute atomic E-state index is 12.2.